The fourth-order valence-electron chi connectivity index (χ4n) is 3.70. The second kappa shape index (κ2) is 7.76. The number of rotatable bonds is 5. The van der Waals surface area contributed by atoms with Crippen molar-refractivity contribution in [2.24, 2.45) is 0 Å². The van der Waals surface area contributed by atoms with Crippen LogP contribution >= 0.6 is 0 Å². The Morgan fingerprint density at radius 2 is 1.81 bits per heavy atom. The van der Waals surface area contributed by atoms with Gasteiger partial charge >= 0.3 is 0 Å². The minimum Gasteiger partial charge on any atom is -0.338 e. The van der Waals surface area contributed by atoms with E-state index in [2.05, 4.69) is 16.3 Å². The molecule has 5 nitrogen and oxygen atoms in total. The van der Waals surface area contributed by atoms with Gasteiger partial charge in [-0.05, 0) is 55.8 Å². The predicted molar refractivity (Wildman–Crippen MR) is 108 cm³/mol. The third-order valence-electron chi connectivity index (χ3n) is 5.01. The van der Waals surface area contributed by atoms with Crippen LogP contribution in [0.2, 0.25) is 0 Å². The van der Waals surface area contributed by atoms with Crippen molar-refractivity contribution in [1.82, 2.24) is 9.47 Å². The lowest BCUT2D eigenvalue weighted by atomic mass is 10.2. The van der Waals surface area contributed by atoms with E-state index < -0.39 is 0 Å². The average molecular weight is 361 g/mol. The predicted octanol–water partition coefficient (Wildman–Crippen LogP) is 3.24. The molecule has 1 amide bonds. The summed E-state index contributed by atoms with van der Waals surface area (Å²) in [6.07, 6.45) is 4.21. The molecule has 2 aromatic carbocycles. The van der Waals surface area contributed by atoms with Gasteiger partial charge in [0.15, 0.2) is 5.43 Å². The van der Waals surface area contributed by atoms with Gasteiger partial charge in [0.25, 0.3) is 0 Å². The first-order chi connectivity index (χ1) is 13.2. The van der Waals surface area contributed by atoms with Gasteiger partial charge in [0.2, 0.25) is 5.91 Å². The number of benzene rings is 2. The monoisotopic (exact) mass is 361 g/mol. The zero-order valence-corrected chi connectivity index (χ0v) is 15.2. The third-order valence-corrected chi connectivity index (χ3v) is 5.01. The molecule has 0 atom stereocenters. The Balaban J connectivity index is 1.47. The quantitative estimate of drug-likeness (QED) is 0.759. The largest absolute Gasteiger partial charge is 0.338 e. The van der Waals surface area contributed by atoms with Crippen LogP contribution in [0.3, 0.4) is 0 Å². The van der Waals surface area contributed by atoms with Crippen molar-refractivity contribution in [2.45, 2.75) is 25.9 Å². The molecule has 27 heavy (non-hydrogen) atoms. The van der Waals surface area contributed by atoms with E-state index in [1.165, 1.54) is 24.5 Å². The highest BCUT2D eigenvalue weighted by Crippen LogP contribution is 2.16. The average Bonchev–Trinajstić information content (AvgIpc) is 3.17. The molecule has 0 bridgehead atoms. The molecule has 1 N–H and O–H groups in total. The van der Waals surface area contributed by atoms with Gasteiger partial charge in [0, 0.05) is 29.9 Å². The number of fused-ring (bicyclic) bond motifs is 1. The first-order valence-electron chi connectivity index (χ1n) is 9.38. The molecule has 0 radical (unpaired) electrons. The Bertz CT molecular complexity index is 1020. The lowest BCUT2D eigenvalue weighted by molar-refractivity contribution is -0.116. The Kier molecular flexibility index (Phi) is 5.03. The van der Waals surface area contributed by atoms with E-state index in [0.29, 0.717) is 5.39 Å². The summed E-state index contributed by atoms with van der Waals surface area (Å²) in [5.41, 5.74) is 2.75. The second-order valence-corrected chi connectivity index (χ2v) is 7.06. The van der Waals surface area contributed by atoms with Gasteiger partial charge in [-0.1, -0.05) is 24.3 Å². The summed E-state index contributed by atoms with van der Waals surface area (Å²) in [5, 5.41) is 3.60. The van der Waals surface area contributed by atoms with Crippen LogP contribution in [0, 0.1) is 0 Å². The highest BCUT2D eigenvalue weighted by atomic mass is 16.2. The van der Waals surface area contributed by atoms with Gasteiger partial charge < -0.3 is 9.88 Å². The fourth-order valence-corrected chi connectivity index (χ4v) is 3.70. The Hall–Kier alpha value is -2.92. The van der Waals surface area contributed by atoms with Crippen molar-refractivity contribution in [1.29, 1.82) is 0 Å². The van der Waals surface area contributed by atoms with Gasteiger partial charge in [-0.15, -0.1) is 0 Å². The number of amides is 1. The van der Waals surface area contributed by atoms with Crippen LogP contribution in [0.15, 0.2) is 65.6 Å². The fraction of sp³-hybridized carbons (Fsp3) is 0.273. The van der Waals surface area contributed by atoms with E-state index in [4.69, 9.17) is 0 Å². The SMILES string of the molecule is O=C(Cn1ccc(=O)c2ccccc21)Nc1cccc(CN2CCCC2)c1. The van der Waals surface area contributed by atoms with Crippen molar-refractivity contribution >= 4 is 22.5 Å². The number of nitrogens with zero attached hydrogens (tertiary/aromatic N) is 2. The number of hydrogen-bond donors (Lipinski definition) is 1. The van der Waals surface area contributed by atoms with Crippen molar-refractivity contribution in [3.63, 3.8) is 0 Å². The molecule has 1 saturated heterocycles. The van der Waals surface area contributed by atoms with Crippen LogP contribution in [0.1, 0.15) is 18.4 Å². The molecule has 1 fully saturated rings. The summed E-state index contributed by atoms with van der Waals surface area (Å²) < 4.78 is 1.81. The third kappa shape index (κ3) is 4.09. The molecule has 0 unspecified atom stereocenters. The molecule has 2 heterocycles. The first kappa shape index (κ1) is 17.5. The van der Waals surface area contributed by atoms with Gasteiger partial charge in [-0.3, -0.25) is 14.5 Å². The molecular weight excluding hydrogens is 338 g/mol. The van der Waals surface area contributed by atoms with Crippen molar-refractivity contribution in [3.05, 3.63) is 76.6 Å². The lowest BCUT2D eigenvalue weighted by Crippen LogP contribution is -2.21. The normalized spacial score (nSPS) is 14.5. The van der Waals surface area contributed by atoms with Gasteiger partial charge in [-0.2, -0.15) is 0 Å². The molecule has 0 spiro atoms. The molecule has 1 aliphatic rings. The number of hydrogen-bond acceptors (Lipinski definition) is 3. The van der Waals surface area contributed by atoms with E-state index in [1.54, 1.807) is 16.8 Å². The van der Waals surface area contributed by atoms with E-state index in [9.17, 15) is 9.59 Å². The maximum Gasteiger partial charge on any atom is 0.244 e. The maximum absolute atomic E-state index is 12.5. The topological polar surface area (TPSA) is 54.3 Å². The van der Waals surface area contributed by atoms with Crippen LogP contribution in [0.5, 0.6) is 0 Å². The number of pyridine rings is 1. The van der Waals surface area contributed by atoms with E-state index in [-0.39, 0.29) is 17.9 Å². The number of nitrogens with one attached hydrogen (secondary N) is 1. The van der Waals surface area contributed by atoms with Crippen LogP contribution in [-0.2, 0) is 17.9 Å². The Labute approximate surface area is 158 Å². The summed E-state index contributed by atoms with van der Waals surface area (Å²) in [5.74, 6) is -0.109. The van der Waals surface area contributed by atoms with Crippen molar-refractivity contribution in [2.75, 3.05) is 18.4 Å². The van der Waals surface area contributed by atoms with Crippen LogP contribution in [-0.4, -0.2) is 28.5 Å². The second-order valence-electron chi connectivity index (χ2n) is 7.06. The molecule has 138 valence electrons. The summed E-state index contributed by atoms with van der Waals surface area (Å²) in [4.78, 5) is 27.0. The minimum atomic E-state index is -0.109. The molecule has 0 aliphatic carbocycles. The number of aromatic nitrogens is 1. The number of para-hydroxylation sites is 1. The van der Waals surface area contributed by atoms with Crippen LogP contribution in [0.25, 0.3) is 10.9 Å². The van der Waals surface area contributed by atoms with Gasteiger partial charge in [0.1, 0.15) is 6.54 Å². The highest BCUT2D eigenvalue weighted by molar-refractivity contribution is 5.91. The van der Waals surface area contributed by atoms with Crippen LogP contribution in [0.4, 0.5) is 5.69 Å². The first-order valence-corrected chi connectivity index (χ1v) is 9.38. The van der Waals surface area contributed by atoms with Gasteiger partial charge in [-0.25, -0.2) is 0 Å². The van der Waals surface area contributed by atoms with Crippen molar-refractivity contribution < 1.29 is 4.79 Å². The molecule has 0 saturated carbocycles. The highest BCUT2D eigenvalue weighted by Gasteiger charge is 2.12. The summed E-state index contributed by atoms with van der Waals surface area (Å²) >= 11 is 0. The minimum absolute atomic E-state index is 0.0307. The zero-order chi connectivity index (χ0) is 18.6. The summed E-state index contributed by atoms with van der Waals surface area (Å²) in [6.45, 7) is 3.39. The molecule has 1 aliphatic heterocycles. The van der Waals surface area contributed by atoms with Crippen LogP contribution < -0.4 is 10.7 Å². The number of carbonyl (C=O) groups is 1. The number of anilines is 1. The molecule has 4 rings (SSSR count). The Morgan fingerprint density at radius 3 is 2.67 bits per heavy atom. The standard InChI is InChI=1S/C22H23N3O2/c26-21-10-13-25(20-9-2-1-8-19(20)21)16-22(27)23-18-7-5-6-17(14-18)15-24-11-3-4-12-24/h1-2,5-10,13-14H,3-4,11-12,15-16H2,(H,23,27). The lowest BCUT2D eigenvalue weighted by Gasteiger charge is -2.15. The number of carbonyl (C=O) groups excluding carboxylic acids is 1. The summed E-state index contributed by atoms with van der Waals surface area (Å²) in [7, 11) is 0. The Morgan fingerprint density at radius 1 is 1.00 bits per heavy atom. The maximum atomic E-state index is 12.5. The number of likely N-dealkylation sites (tertiary alicyclic amines) is 1. The summed E-state index contributed by atoms with van der Waals surface area (Å²) in [6, 6.07) is 16.9. The van der Waals surface area contributed by atoms with Crippen molar-refractivity contribution in [3.8, 4) is 0 Å². The zero-order valence-electron chi connectivity index (χ0n) is 15.2. The smallest absolute Gasteiger partial charge is 0.244 e. The van der Waals surface area contributed by atoms with E-state index in [0.717, 1.165) is 30.8 Å². The van der Waals surface area contributed by atoms with Gasteiger partial charge in [0.05, 0.1) is 5.52 Å². The van der Waals surface area contributed by atoms with E-state index >= 15 is 0 Å². The molecule has 5 heteroatoms. The van der Waals surface area contributed by atoms with E-state index in [1.807, 2.05) is 36.4 Å². The molecular formula is C22H23N3O2. The molecule has 1 aromatic heterocycles. The molecule has 3 aromatic rings.